The van der Waals surface area contributed by atoms with E-state index < -0.39 is 0 Å². The zero-order valence-corrected chi connectivity index (χ0v) is 15.4. The summed E-state index contributed by atoms with van der Waals surface area (Å²) in [5.74, 6) is 0.293. The number of amides is 2. The van der Waals surface area contributed by atoms with Crippen LogP contribution in [-0.4, -0.2) is 36.9 Å². The fourth-order valence-corrected chi connectivity index (χ4v) is 3.07. The molecule has 2 rings (SSSR count). The molecule has 2 amide bonds. The second-order valence-electron chi connectivity index (χ2n) is 6.57. The average molecular weight is 353 g/mol. The minimum absolute atomic E-state index is 0.0502. The number of rotatable bonds is 4. The van der Waals surface area contributed by atoms with Gasteiger partial charge in [0.05, 0.1) is 18.7 Å². The number of methoxy groups -OCH3 is 1. The number of likely N-dealkylation sites (tertiary alicyclic amines) is 1. The zero-order chi connectivity index (χ0) is 17.9. The maximum Gasteiger partial charge on any atom is 0.229 e. The van der Waals surface area contributed by atoms with Crippen molar-refractivity contribution in [2.24, 2.45) is 11.8 Å². The van der Waals surface area contributed by atoms with Gasteiger partial charge in [-0.2, -0.15) is 0 Å². The van der Waals surface area contributed by atoms with Gasteiger partial charge >= 0.3 is 0 Å². The first kappa shape index (κ1) is 18.6. The van der Waals surface area contributed by atoms with Crippen molar-refractivity contribution in [3.05, 3.63) is 22.7 Å². The Kier molecular flexibility index (Phi) is 6.10. The largest absolute Gasteiger partial charge is 0.495 e. The number of hydrogen-bond donors (Lipinski definition) is 1. The number of hydrogen-bond acceptors (Lipinski definition) is 3. The van der Waals surface area contributed by atoms with Gasteiger partial charge in [0.1, 0.15) is 5.75 Å². The van der Waals surface area contributed by atoms with Crippen LogP contribution in [-0.2, 0) is 9.59 Å². The predicted octanol–water partition coefficient (Wildman–Crippen LogP) is 3.49. The second kappa shape index (κ2) is 7.88. The molecule has 5 nitrogen and oxygen atoms in total. The van der Waals surface area contributed by atoms with Gasteiger partial charge in [-0.15, -0.1) is 0 Å². The summed E-state index contributed by atoms with van der Waals surface area (Å²) in [5.41, 5.74) is 1.48. The van der Waals surface area contributed by atoms with Crippen molar-refractivity contribution in [3.63, 3.8) is 0 Å². The summed E-state index contributed by atoms with van der Waals surface area (Å²) in [7, 11) is 1.54. The lowest BCUT2D eigenvalue weighted by atomic mass is 9.96. The van der Waals surface area contributed by atoms with Gasteiger partial charge in [0.15, 0.2) is 0 Å². The first-order valence-corrected chi connectivity index (χ1v) is 8.65. The van der Waals surface area contributed by atoms with Gasteiger partial charge in [-0.25, -0.2) is 0 Å². The van der Waals surface area contributed by atoms with Crippen molar-refractivity contribution >= 4 is 29.1 Å². The lowest BCUT2D eigenvalue weighted by Gasteiger charge is -2.33. The summed E-state index contributed by atoms with van der Waals surface area (Å²) in [6.07, 6.45) is 1.62. The molecule has 1 N–H and O–H groups in total. The molecule has 1 atom stereocenters. The van der Waals surface area contributed by atoms with E-state index in [1.165, 1.54) is 0 Å². The molecule has 1 aromatic carbocycles. The highest BCUT2D eigenvalue weighted by molar-refractivity contribution is 6.31. The van der Waals surface area contributed by atoms with Gasteiger partial charge in [0.25, 0.3) is 0 Å². The summed E-state index contributed by atoms with van der Waals surface area (Å²) < 4.78 is 5.30. The first-order valence-electron chi connectivity index (χ1n) is 8.27. The van der Waals surface area contributed by atoms with Crippen molar-refractivity contribution < 1.29 is 14.3 Å². The van der Waals surface area contributed by atoms with Crippen molar-refractivity contribution in [2.75, 3.05) is 25.5 Å². The highest BCUT2D eigenvalue weighted by Gasteiger charge is 2.29. The van der Waals surface area contributed by atoms with Gasteiger partial charge in [0.2, 0.25) is 11.8 Å². The summed E-state index contributed by atoms with van der Waals surface area (Å²) in [6.45, 7) is 6.84. The molecular formula is C18H25ClN2O3. The van der Waals surface area contributed by atoms with Crippen molar-refractivity contribution in [1.29, 1.82) is 0 Å². The molecule has 1 aromatic rings. The van der Waals surface area contributed by atoms with Crippen LogP contribution in [0.15, 0.2) is 12.1 Å². The maximum absolute atomic E-state index is 12.6. The molecule has 1 saturated heterocycles. The van der Waals surface area contributed by atoms with Crippen LogP contribution in [0.4, 0.5) is 5.69 Å². The van der Waals surface area contributed by atoms with E-state index in [4.69, 9.17) is 16.3 Å². The predicted molar refractivity (Wildman–Crippen MR) is 95.5 cm³/mol. The lowest BCUT2D eigenvalue weighted by molar-refractivity contribution is -0.137. The molecule has 0 aromatic heterocycles. The molecule has 0 unspecified atom stereocenters. The number of nitrogens with zero attached hydrogens (tertiary/aromatic N) is 1. The number of halogens is 1. The van der Waals surface area contributed by atoms with Crippen LogP contribution < -0.4 is 10.1 Å². The van der Waals surface area contributed by atoms with E-state index in [1.807, 2.05) is 20.8 Å². The summed E-state index contributed by atoms with van der Waals surface area (Å²) in [5, 5.41) is 3.52. The van der Waals surface area contributed by atoms with E-state index in [2.05, 4.69) is 5.32 Å². The van der Waals surface area contributed by atoms with Crippen LogP contribution in [0.5, 0.6) is 5.75 Å². The van der Waals surface area contributed by atoms with Crippen LogP contribution in [0.1, 0.15) is 32.3 Å². The Morgan fingerprint density at radius 1 is 1.38 bits per heavy atom. The van der Waals surface area contributed by atoms with Gasteiger partial charge in [0, 0.05) is 30.1 Å². The Bertz CT molecular complexity index is 631. The number of piperidine rings is 1. The molecule has 0 saturated carbocycles. The SMILES string of the molecule is COc1cc(Cl)c(C)cc1NC(=O)[C@H]1CCCN(C(=O)C(C)C)C1. The molecule has 1 fully saturated rings. The van der Waals surface area contributed by atoms with Gasteiger partial charge < -0.3 is 15.0 Å². The fraction of sp³-hybridized carbons (Fsp3) is 0.556. The van der Waals surface area contributed by atoms with Gasteiger partial charge in [-0.1, -0.05) is 25.4 Å². The first-order chi connectivity index (χ1) is 11.3. The molecule has 1 aliphatic rings. The van der Waals surface area contributed by atoms with Crippen molar-refractivity contribution in [2.45, 2.75) is 33.6 Å². The van der Waals surface area contributed by atoms with E-state index >= 15 is 0 Å². The standard InChI is InChI=1S/C18H25ClN2O3/c1-11(2)18(23)21-7-5-6-13(10-21)17(22)20-15-8-12(3)14(19)9-16(15)24-4/h8-9,11,13H,5-7,10H2,1-4H3,(H,20,22)/t13-/m0/s1. The van der Waals surface area contributed by atoms with E-state index in [0.29, 0.717) is 23.0 Å². The van der Waals surface area contributed by atoms with Crippen molar-refractivity contribution in [3.8, 4) is 5.75 Å². The molecular weight excluding hydrogens is 328 g/mol. The Hall–Kier alpha value is -1.75. The fourth-order valence-electron chi connectivity index (χ4n) is 2.92. The number of nitrogens with one attached hydrogen (secondary N) is 1. The minimum Gasteiger partial charge on any atom is -0.495 e. The molecule has 0 spiro atoms. The van der Waals surface area contributed by atoms with Crippen LogP contribution in [0.3, 0.4) is 0 Å². The normalized spacial score (nSPS) is 17.8. The number of benzene rings is 1. The lowest BCUT2D eigenvalue weighted by Crippen LogP contribution is -2.45. The van der Waals surface area contributed by atoms with E-state index in [0.717, 1.165) is 24.9 Å². The number of carbonyl (C=O) groups is 2. The van der Waals surface area contributed by atoms with Crippen molar-refractivity contribution in [1.82, 2.24) is 4.90 Å². The molecule has 0 aliphatic carbocycles. The van der Waals surface area contributed by atoms with E-state index in [9.17, 15) is 9.59 Å². The van der Waals surface area contributed by atoms with Crippen LogP contribution >= 0.6 is 11.6 Å². The van der Waals surface area contributed by atoms with Crippen LogP contribution in [0, 0.1) is 18.8 Å². The Morgan fingerprint density at radius 3 is 2.71 bits per heavy atom. The maximum atomic E-state index is 12.6. The summed E-state index contributed by atoms with van der Waals surface area (Å²) >= 11 is 6.10. The van der Waals surface area contributed by atoms with E-state index in [1.54, 1.807) is 24.1 Å². The smallest absolute Gasteiger partial charge is 0.229 e. The third-order valence-electron chi connectivity index (χ3n) is 4.34. The third-order valence-corrected chi connectivity index (χ3v) is 4.74. The molecule has 0 radical (unpaired) electrons. The Morgan fingerprint density at radius 2 is 2.08 bits per heavy atom. The molecule has 0 bridgehead atoms. The molecule has 1 aliphatic heterocycles. The number of carbonyl (C=O) groups excluding carboxylic acids is 2. The molecule has 6 heteroatoms. The quantitative estimate of drug-likeness (QED) is 0.902. The Balaban J connectivity index is 2.09. The van der Waals surface area contributed by atoms with Crippen LogP contribution in [0.2, 0.25) is 5.02 Å². The molecule has 132 valence electrons. The Labute approximate surface area is 148 Å². The summed E-state index contributed by atoms with van der Waals surface area (Å²) in [6, 6.07) is 3.50. The third kappa shape index (κ3) is 4.20. The van der Waals surface area contributed by atoms with Gasteiger partial charge in [-0.3, -0.25) is 9.59 Å². The molecule has 1 heterocycles. The monoisotopic (exact) mass is 352 g/mol. The average Bonchev–Trinajstić information content (AvgIpc) is 2.57. The zero-order valence-electron chi connectivity index (χ0n) is 14.7. The van der Waals surface area contributed by atoms with E-state index in [-0.39, 0.29) is 23.7 Å². The second-order valence-corrected chi connectivity index (χ2v) is 6.98. The topological polar surface area (TPSA) is 58.6 Å². The summed E-state index contributed by atoms with van der Waals surface area (Å²) in [4.78, 5) is 26.6. The number of ether oxygens (including phenoxy) is 1. The highest BCUT2D eigenvalue weighted by Crippen LogP contribution is 2.31. The van der Waals surface area contributed by atoms with Crippen LogP contribution in [0.25, 0.3) is 0 Å². The molecule has 24 heavy (non-hydrogen) atoms. The highest BCUT2D eigenvalue weighted by atomic mass is 35.5. The number of anilines is 1. The number of aryl methyl sites for hydroxylation is 1. The van der Waals surface area contributed by atoms with Gasteiger partial charge in [-0.05, 0) is 31.4 Å². The minimum atomic E-state index is -0.206.